The molecule has 0 saturated heterocycles. The zero-order chi connectivity index (χ0) is 12.3. The Hall–Kier alpha value is -1.82. The largest absolute Gasteiger partial charge is 0.486 e. The molecule has 0 bridgehead atoms. The van der Waals surface area contributed by atoms with Crippen LogP contribution in [0.3, 0.4) is 0 Å². The SMILES string of the molecule is NCCCc1cc2c(c([N+](=O)[O-])c1)OCCO2. The first-order valence-corrected chi connectivity index (χ1v) is 5.49. The Kier molecular flexibility index (Phi) is 3.43. The van der Waals surface area contributed by atoms with Crippen molar-refractivity contribution in [1.82, 2.24) is 0 Å². The molecule has 0 aromatic heterocycles. The standard InChI is InChI=1S/C11H14N2O4/c12-3-1-2-8-6-9(13(14)15)11-10(7-8)16-4-5-17-11/h6-7H,1-5,12H2. The van der Waals surface area contributed by atoms with E-state index in [1.54, 1.807) is 6.07 Å². The fraction of sp³-hybridized carbons (Fsp3) is 0.455. The Bertz CT molecular complexity index is 434. The van der Waals surface area contributed by atoms with Crippen molar-refractivity contribution in [3.8, 4) is 11.5 Å². The van der Waals surface area contributed by atoms with Gasteiger partial charge in [-0.2, -0.15) is 0 Å². The normalized spacial score (nSPS) is 13.5. The van der Waals surface area contributed by atoms with Crippen LogP contribution in [0.4, 0.5) is 5.69 Å². The van der Waals surface area contributed by atoms with Gasteiger partial charge < -0.3 is 15.2 Å². The monoisotopic (exact) mass is 238 g/mol. The average Bonchev–Trinajstić information content (AvgIpc) is 2.35. The highest BCUT2D eigenvalue weighted by molar-refractivity contribution is 5.58. The second-order valence-corrected chi connectivity index (χ2v) is 3.79. The van der Waals surface area contributed by atoms with Crippen LogP contribution in [0.15, 0.2) is 12.1 Å². The van der Waals surface area contributed by atoms with Crippen LogP contribution in [-0.4, -0.2) is 24.7 Å². The molecule has 1 aromatic carbocycles. The van der Waals surface area contributed by atoms with E-state index < -0.39 is 4.92 Å². The highest BCUT2D eigenvalue weighted by atomic mass is 16.6. The van der Waals surface area contributed by atoms with Gasteiger partial charge in [0.25, 0.3) is 0 Å². The number of hydrogen-bond acceptors (Lipinski definition) is 5. The third-order valence-electron chi connectivity index (χ3n) is 2.55. The zero-order valence-electron chi connectivity index (χ0n) is 9.35. The number of benzene rings is 1. The quantitative estimate of drug-likeness (QED) is 0.630. The lowest BCUT2D eigenvalue weighted by molar-refractivity contribution is -0.386. The number of nitro groups is 1. The van der Waals surface area contributed by atoms with E-state index in [-0.39, 0.29) is 11.4 Å². The van der Waals surface area contributed by atoms with Gasteiger partial charge in [-0.05, 0) is 31.0 Å². The topological polar surface area (TPSA) is 87.6 Å². The van der Waals surface area contributed by atoms with Crippen molar-refractivity contribution in [3.05, 3.63) is 27.8 Å². The van der Waals surface area contributed by atoms with E-state index in [4.69, 9.17) is 15.2 Å². The molecule has 1 aliphatic heterocycles. The third kappa shape index (κ3) is 2.47. The number of rotatable bonds is 4. The number of nitrogens with zero attached hydrogens (tertiary/aromatic N) is 1. The van der Waals surface area contributed by atoms with E-state index in [0.717, 1.165) is 12.0 Å². The summed E-state index contributed by atoms with van der Waals surface area (Å²) in [5, 5.41) is 10.9. The molecule has 0 saturated carbocycles. The minimum absolute atomic E-state index is 0.0331. The van der Waals surface area contributed by atoms with Crippen LogP contribution in [0, 0.1) is 10.1 Å². The summed E-state index contributed by atoms with van der Waals surface area (Å²) in [6.07, 6.45) is 1.49. The van der Waals surface area contributed by atoms with Crippen molar-refractivity contribution in [1.29, 1.82) is 0 Å². The van der Waals surface area contributed by atoms with Crippen LogP contribution in [0.2, 0.25) is 0 Å². The molecule has 0 radical (unpaired) electrons. The summed E-state index contributed by atoms with van der Waals surface area (Å²) in [6.45, 7) is 1.32. The lowest BCUT2D eigenvalue weighted by atomic mass is 10.1. The van der Waals surface area contributed by atoms with Crippen LogP contribution < -0.4 is 15.2 Å². The van der Waals surface area contributed by atoms with Crippen LogP contribution in [0.5, 0.6) is 11.5 Å². The first-order valence-electron chi connectivity index (χ1n) is 5.49. The molecule has 0 unspecified atom stereocenters. The predicted octanol–water partition coefficient (Wildman–Crippen LogP) is 1.26. The number of nitro benzene ring substituents is 1. The Labute approximate surface area is 98.5 Å². The molecule has 0 aliphatic carbocycles. The molecule has 1 heterocycles. The van der Waals surface area contributed by atoms with Crippen LogP contribution in [0.25, 0.3) is 0 Å². The smallest absolute Gasteiger partial charge is 0.315 e. The van der Waals surface area contributed by atoms with Gasteiger partial charge in [0.2, 0.25) is 5.75 Å². The van der Waals surface area contributed by atoms with E-state index in [2.05, 4.69) is 0 Å². The fourth-order valence-corrected chi connectivity index (χ4v) is 1.78. The van der Waals surface area contributed by atoms with Crippen molar-refractivity contribution >= 4 is 5.69 Å². The molecule has 0 fully saturated rings. The molecule has 2 rings (SSSR count). The minimum Gasteiger partial charge on any atom is -0.486 e. The summed E-state index contributed by atoms with van der Waals surface area (Å²) in [6, 6.07) is 3.32. The van der Waals surface area contributed by atoms with Crippen molar-refractivity contribution in [2.45, 2.75) is 12.8 Å². The van der Waals surface area contributed by atoms with E-state index in [0.29, 0.717) is 31.9 Å². The molecule has 2 N–H and O–H groups in total. The van der Waals surface area contributed by atoms with Gasteiger partial charge in [-0.15, -0.1) is 0 Å². The molecular formula is C11H14N2O4. The molecule has 1 aliphatic rings. The second kappa shape index (κ2) is 5.01. The van der Waals surface area contributed by atoms with Gasteiger partial charge in [0, 0.05) is 6.07 Å². The Morgan fingerprint density at radius 3 is 2.82 bits per heavy atom. The van der Waals surface area contributed by atoms with E-state index in [1.807, 2.05) is 0 Å². The van der Waals surface area contributed by atoms with Gasteiger partial charge in [-0.1, -0.05) is 0 Å². The van der Waals surface area contributed by atoms with Crippen molar-refractivity contribution in [3.63, 3.8) is 0 Å². The Balaban J connectivity index is 2.37. The van der Waals surface area contributed by atoms with Gasteiger partial charge in [0.1, 0.15) is 13.2 Å². The maximum absolute atomic E-state index is 10.9. The maximum Gasteiger partial charge on any atom is 0.315 e. The van der Waals surface area contributed by atoms with Crippen LogP contribution in [0.1, 0.15) is 12.0 Å². The zero-order valence-corrected chi connectivity index (χ0v) is 9.35. The third-order valence-corrected chi connectivity index (χ3v) is 2.55. The lowest BCUT2D eigenvalue weighted by Gasteiger charge is -2.18. The number of aryl methyl sites for hydroxylation is 1. The summed E-state index contributed by atoms with van der Waals surface area (Å²) >= 11 is 0. The van der Waals surface area contributed by atoms with Gasteiger partial charge in [0.05, 0.1) is 4.92 Å². The molecular weight excluding hydrogens is 224 g/mol. The summed E-state index contributed by atoms with van der Waals surface area (Å²) < 4.78 is 10.7. The van der Waals surface area contributed by atoms with Crippen molar-refractivity contribution in [2.24, 2.45) is 5.73 Å². The molecule has 1 aromatic rings. The first kappa shape index (κ1) is 11.7. The van der Waals surface area contributed by atoms with Gasteiger partial charge in [-0.3, -0.25) is 10.1 Å². The van der Waals surface area contributed by atoms with E-state index in [1.165, 1.54) is 6.07 Å². The first-order chi connectivity index (χ1) is 8.22. The van der Waals surface area contributed by atoms with Crippen LogP contribution in [-0.2, 0) is 6.42 Å². The Morgan fingerprint density at radius 1 is 1.35 bits per heavy atom. The van der Waals surface area contributed by atoms with Crippen molar-refractivity contribution in [2.75, 3.05) is 19.8 Å². The Morgan fingerprint density at radius 2 is 2.12 bits per heavy atom. The fourth-order valence-electron chi connectivity index (χ4n) is 1.78. The van der Waals surface area contributed by atoms with Gasteiger partial charge in [-0.25, -0.2) is 0 Å². The number of nitrogens with two attached hydrogens (primary N) is 1. The predicted molar refractivity (Wildman–Crippen MR) is 61.5 cm³/mol. The summed E-state index contributed by atoms with van der Waals surface area (Å²) in [5.74, 6) is 0.690. The van der Waals surface area contributed by atoms with Gasteiger partial charge in [0.15, 0.2) is 5.75 Å². The van der Waals surface area contributed by atoms with E-state index >= 15 is 0 Å². The number of ether oxygens (including phenoxy) is 2. The average molecular weight is 238 g/mol. The molecule has 17 heavy (non-hydrogen) atoms. The number of hydrogen-bond donors (Lipinski definition) is 1. The van der Waals surface area contributed by atoms with Crippen LogP contribution >= 0.6 is 0 Å². The summed E-state index contributed by atoms with van der Waals surface area (Å²) in [7, 11) is 0. The maximum atomic E-state index is 10.9. The molecule has 0 atom stereocenters. The second-order valence-electron chi connectivity index (χ2n) is 3.79. The molecule has 92 valence electrons. The molecule has 6 nitrogen and oxygen atoms in total. The van der Waals surface area contributed by atoms with Crippen molar-refractivity contribution < 1.29 is 14.4 Å². The molecule has 6 heteroatoms. The highest BCUT2D eigenvalue weighted by Crippen LogP contribution is 2.40. The summed E-state index contributed by atoms with van der Waals surface area (Å²) in [5.41, 5.74) is 6.24. The van der Waals surface area contributed by atoms with Gasteiger partial charge >= 0.3 is 5.69 Å². The minimum atomic E-state index is -0.445. The number of fused-ring (bicyclic) bond motifs is 1. The lowest BCUT2D eigenvalue weighted by Crippen LogP contribution is -2.16. The van der Waals surface area contributed by atoms with E-state index in [9.17, 15) is 10.1 Å². The molecule has 0 spiro atoms. The summed E-state index contributed by atoms with van der Waals surface area (Å²) in [4.78, 5) is 10.5. The highest BCUT2D eigenvalue weighted by Gasteiger charge is 2.24. The molecule has 0 amide bonds.